The van der Waals surface area contributed by atoms with Gasteiger partial charge in [0.05, 0.1) is 18.0 Å². The zero-order valence-corrected chi connectivity index (χ0v) is 15.8. The highest BCUT2D eigenvalue weighted by Crippen LogP contribution is 2.55. The van der Waals surface area contributed by atoms with Gasteiger partial charge in [-0.15, -0.1) is 0 Å². The second-order valence-electron chi connectivity index (χ2n) is 7.07. The molecule has 128 valence electrons. The molecule has 3 rings (SSSR count). The van der Waals surface area contributed by atoms with Crippen molar-refractivity contribution in [3.63, 3.8) is 0 Å². The molecule has 2 unspecified atom stereocenters. The van der Waals surface area contributed by atoms with E-state index in [9.17, 15) is 4.57 Å². The highest BCUT2D eigenvalue weighted by molar-refractivity contribution is 7.62. The van der Waals surface area contributed by atoms with Crippen molar-refractivity contribution in [2.75, 3.05) is 6.61 Å². The lowest BCUT2D eigenvalue weighted by Crippen LogP contribution is -2.21. The number of hydrogen-bond acceptors (Lipinski definition) is 3. The fourth-order valence-electron chi connectivity index (χ4n) is 2.74. The molecule has 24 heavy (non-hydrogen) atoms. The maximum Gasteiger partial charge on any atom is 0.361 e. The van der Waals surface area contributed by atoms with Crippen LogP contribution >= 0.6 is 19.2 Å². The van der Waals surface area contributed by atoms with Gasteiger partial charge in [-0.05, 0) is 40.8 Å². The molecule has 1 fully saturated rings. The summed E-state index contributed by atoms with van der Waals surface area (Å²) in [7, 11) is -3.32. The van der Waals surface area contributed by atoms with E-state index in [1.165, 1.54) is 5.56 Å². The van der Waals surface area contributed by atoms with E-state index < -0.39 is 7.60 Å². The van der Waals surface area contributed by atoms with Gasteiger partial charge in [-0.1, -0.05) is 56.6 Å². The molecular weight excluding hydrogens is 343 g/mol. The summed E-state index contributed by atoms with van der Waals surface area (Å²) in [4.78, 5) is 0. The van der Waals surface area contributed by atoms with Gasteiger partial charge in [-0.2, -0.15) is 0 Å². The topological polar surface area (TPSA) is 35.5 Å². The molecular formula is C19H22ClO3P. The van der Waals surface area contributed by atoms with Crippen molar-refractivity contribution in [1.82, 2.24) is 0 Å². The lowest BCUT2D eigenvalue weighted by atomic mass is 9.87. The summed E-state index contributed by atoms with van der Waals surface area (Å²) in [5.74, 6) is 0. The van der Waals surface area contributed by atoms with Gasteiger partial charge in [0.15, 0.2) is 0 Å². The quantitative estimate of drug-likeness (QED) is 0.647. The van der Waals surface area contributed by atoms with Crippen molar-refractivity contribution in [2.45, 2.75) is 38.7 Å². The molecule has 1 aliphatic rings. The van der Waals surface area contributed by atoms with E-state index in [1.807, 2.05) is 48.5 Å². The van der Waals surface area contributed by atoms with Crippen LogP contribution in [0.4, 0.5) is 0 Å². The third-order valence-corrected chi connectivity index (χ3v) is 6.40. The fraction of sp³-hybridized carbons (Fsp3) is 0.368. The van der Waals surface area contributed by atoms with Gasteiger partial charge in [0, 0.05) is 11.4 Å². The first-order chi connectivity index (χ1) is 11.3. The molecule has 5 heteroatoms. The maximum absolute atomic E-state index is 13.2. The summed E-state index contributed by atoms with van der Waals surface area (Å²) in [5.41, 5.74) is 2.16. The van der Waals surface area contributed by atoms with Crippen LogP contribution in [0.3, 0.4) is 0 Å². The van der Waals surface area contributed by atoms with E-state index in [-0.39, 0.29) is 11.5 Å². The summed E-state index contributed by atoms with van der Waals surface area (Å²) >= 11 is 6.06. The fourth-order valence-corrected chi connectivity index (χ4v) is 4.70. The molecule has 1 saturated heterocycles. The van der Waals surface area contributed by atoms with Gasteiger partial charge >= 0.3 is 7.60 Å². The lowest BCUT2D eigenvalue weighted by molar-refractivity contribution is 0.0875. The largest absolute Gasteiger partial charge is 0.361 e. The Hall–Kier alpha value is -1.12. The summed E-state index contributed by atoms with van der Waals surface area (Å²) < 4.78 is 24.6. The molecule has 0 radical (unpaired) electrons. The standard InChI is InChI=1S/C19H22ClO3P/c1-19(2,3)15-7-9-17(10-8-15)24(21)22-12-11-18(23-24)14-5-4-6-16(20)13-14/h4-10,13,18H,11-12H2,1-3H3. The van der Waals surface area contributed by atoms with Crippen molar-refractivity contribution in [1.29, 1.82) is 0 Å². The molecule has 0 aromatic heterocycles. The van der Waals surface area contributed by atoms with Gasteiger partial charge in [-0.25, -0.2) is 0 Å². The van der Waals surface area contributed by atoms with Gasteiger partial charge in [-0.3, -0.25) is 9.09 Å². The number of hydrogen-bond donors (Lipinski definition) is 0. The molecule has 2 atom stereocenters. The summed E-state index contributed by atoms with van der Waals surface area (Å²) in [6.07, 6.45) is 0.385. The number of benzene rings is 2. The Kier molecular flexibility index (Phi) is 4.90. The van der Waals surface area contributed by atoms with Gasteiger partial charge in [0.1, 0.15) is 0 Å². The van der Waals surface area contributed by atoms with Crippen LogP contribution in [0.15, 0.2) is 48.5 Å². The summed E-state index contributed by atoms with van der Waals surface area (Å²) in [5, 5.41) is 1.24. The van der Waals surface area contributed by atoms with E-state index in [1.54, 1.807) is 0 Å². The Bertz CT molecular complexity index is 765. The van der Waals surface area contributed by atoms with Crippen molar-refractivity contribution in [2.24, 2.45) is 0 Å². The predicted octanol–water partition coefficient (Wildman–Crippen LogP) is 5.63. The Balaban J connectivity index is 1.86. The Morgan fingerprint density at radius 1 is 1.12 bits per heavy atom. The highest BCUT2D eigenvalue weighted by atomic mass is 35.5. The number of halogens is 1. The van der Waals surface area contributed by atoms with E-state index in [2.05, 4.69) is 20.8 Å². The van der Waals surface area contributed by atoms with E-state index in [0.29, 0.717) is 23.4 Å². The van der Waals surface area contributed by atoms with Crippen LogP contribution in [0.25, 0.3) is 0 Å². The minimum atomic E-state index is -3.32. The Labute approximate surface area is 148 Å². The van der Waals surface area contributed by atoms with Crippen LogP contribution in [0, 0.1) is 0 Å². The Morgan fingerprint density at radius 2 is 1.83 bits per heavy atom. The minimum absolute atomic E-state index is 0.0463. The van der Waals surface area contributed by atoms with Crippen LogP contribution in [-0.4, -0.2) is 6.61 Å². The first-order valence-electron chi connectivity index (χ1n) is 8.07. The average molecular weight is 365 g/mol. The first-order valence-corrected chi connectivity index (χ1v) is 9.99. The molecule has 0 aliphatic carbocycles. The normalized spacial score (nSPS) is 24.8. The molecule has 3 nitrogen and oxygen atoms in total. The summed E-state index contributed by atoms with van der Waals surface area (Å²) in [6, 6.07) is 15.2. The third-order valence-electron chi connectivity index (χ3n) is 4.18. The van der Waals surface area contributed by atoms with Crippen molar-refractivity contribution < 1.29 is 13.6 Å². The van der Waals surface area contributed by atoms with Gasteiger partial charge in [0.2, 0.25) is 0 Å². The molecule has 0 amide bonds. The molecule has 1 aliphatic heterocycles. The molecule has 1 heterocycles. The zero-order valence-electron chi connectivity index (χ0n) is 14.2. The first kappa shape index (κ1) is 17.7. The van der Waals surface area contributed by atoms with Crippen LogP contribution < -0.4 is 5.30 Å². The monoisotopic (exact) mass is 364 g/mol. The highest BCUT2D eigenvalue weighted by Gasteiger charge is 2.36. The maximum atomic E-state index is 13.2. The molecule has 2 aromatic rings. The molecule has 0 saturated carbocycles. The third kappa shape index (κ3) is 3.75. The van der Waals surface area contributed by atoms with Crippen LogP contribution in [0.1, 0.15) is 44.4 Å². The van der Waals surface area contributed by atoms with Crippen molar-refractivity contribution in [3.05, 3.63) is 64.7 Å². The second kappa shape index (κ2) is 6.65. The van der Waals surface area contributed by atoms with Crippen molar-refractivity contribution in [3.8, 4) is 0 Å². The lowest BCUT2D eigenvalue weighted by Gasteiger charge is -2.30. The smallest absolute Gasteiger partial charge is 0.305 e. The van der Waals surface area contributed by atoms with Crippen molar-refractivity contribution >= 4 is 24.5 Å². The average Bonchev–Trinajstić information content (AvgIpc) is 2.54. The summed E-state index contributed by atoms with van der Waals surface area (Å²) in [6.45, 7) is 6.84. The number of rotatable bonds is 2. The van der Waals surface area contributed by atoms with Gasteiger partial charge < -0.3 is 4.52 Å². The van der Waals surface area contributed by atoms with Crippen LogP contribution in [0.5, 0.6) is 0 Å². The minimum Gasteiger partial charge on any atom is -0.305 e. The van der Waals surface area contributed by atoms with E-state index >= 15 is 0 Å². The van der Waals surface area contributed by atoms with E-state index in [4.69, 9.17) is 20.6 Å². The van der Waals surface area contributed by atoms with Crippen LogP contribution in [0.2, 0.25) is 5.02 Å². The molecule has 0 bridgehead atoms. The SMILES string of the molecule is CC(C)(C)c1ccc(P2(=O)OCCC(c3cccc(Cl)c3)O2)cc1. The van der Waals surface area contributed by atoms with Crippen LogP contribution in [-0.2, 0) is 19.0 Å². The van der Waals surface area contributed by atoms with Gasteiger partial charge in [0.25, 0.3) is 0 Å². The molecule has 0 N–H and O–H groups in total. The predicted molar refractivity (Wildman–Crippen MR) is 98.2 cm³/mol. The molecule has 0 spiro atoms. The van der Waals surface area contributed by atoms with E-state index in [0.717, 1.165) is 5.56 Å². The Morgan fingerprint density at radius 3 is 2.46 bits per heavy atom. The zero-order chi connectivity index (χ0) is 17.4. The molecule has 2 aromatic carbocycles. The second-order valence-corrected chi connectivity index (χ2v) is 9.48.